The van der Waals surface area contributed by atoms with Crippen LogP contribution in [0, 0.1) is 19.8 Å². The summed E-state index contributed by atoms with van der Waals surface area (Å²) >= 11 is 1.49. The maximum absolute atomic E-state index is 12.6. The standard InChI is InChI=1S/C19H23N3O2S/c1-13-6-3-8-16(14(13)2)20-18(23)15-7-4-10-22(12-15)19(24)21-17-9-5-11-25-17/h3,5-6,8-9,11,15H,4,7,10,12H2,1-2H3,(H,20,23)(H,21,24). The molecule has 1 aromatic heterocycles. The minimum absolute atomic E-state index is 0.0117. The van der Waals surface area contributed by atoms with E-state index in [-0.39, 0.29) is 17.9 Å². The van der Waals surface area contributed by atoms with Crippen LogP contribution in [0.5, 0.6) is 0 Å². The average molecular weight is 357 g/mol. The van der Waals surface area contributed by atoms with Gasteiger partial charge in [-0.15, -0.1) is 11.3 Å². The number of benzene rings is 1. The first-order valence-electron chi connectivity index (χ1n) is 8.51. The van der Waals surface area contributed by atoms with Crippen molar-refractivity contribution in [1.82, 2.24) is 4.90 Å². The van der Waals surface area contributed by atoms with Crippen molar-refractivity contribution in [2.45, 2.75) is 26.7 Å². The van der Waals surface area contributed by atoms with Gasteiger partial charge in [-0.3, -0.25) is 10.1 Å². The van der Waals surface area contributed by atoms with E-state index in [0.29, 0.717) is 13.1 Å². The lowest BCUT2D eigenvalue weighted by Gasteiger charge is -2.32. The molecule has 2 aromatic rings. The van der Waals surface area contributed by atoms with Crippen molar-refractivity contribution in [1.29, 1.82) is 0 Å². The number of carbonyl (C=O) groups is 2. The molecule has 3 amide bonds. The Morgan fingerprint density at radius 3 is 2.76 bits per heavy atom. The highest BCUT2D eigenvalue weighted by Crippen LogP contribution is 2.23. The quantitative estimate of drug-likeness (QED) is 0.863. The summed E-state index contributed by atoms with van der Waals surface area (Å²) in [5, 5.41) is 8.67. The van der Waals surface area contributed by atoms with Gasteiger partial charge in [-0.05, 0) is 61.4 Å². The molecule has 1 aliphatic rings. The molecule has 1 saturated heterocycles. The van der Waals surface area contributed by atoms with E-state index >= 15 is 0 Å². The number of likely N-dealkylation sites (tertiary alicyclic amines) is 1. The Kier molecular flexibility index (Phi) is 5.38. The van der Waals surface area contributed by atoms with Gasteiger partial charge >= 0.3 is 6.03 Å². The van der Waals surface area contributed by atoms with Crippen LogP contribution in [0.3, 0.4) is 0 Å². The number of thiophene rings is 1. The van der Waals surface area contributed by atoms with Crippen LogP contribution in [0.1, 0.15) is 24.0 Å². The summed E-state index contributed by atoms with van der Waals surface area (Å²) in [6.45, 7) is 5.17. The summed E-state index contributed by atoms with van der Waals surface area (Å²) in [4.78, 5) is 26.8. The van der Waals surface area contributed by atoms with Gasteiger partial charge in [0.15, 0.2) is 0 Å². The molecule has 0 bridgehead atoms. The van der Waals surface area contributed by atoms with Crippen LogP contribution in [-0.2, 0) is 4.79 Å². The zero-order chi connectivity index (χ0) is 17.8. The van der Waals surface area contributed by atoms with Gasteiger partial charge in [-0.25, -0.2) is 4.79 Å². The molecule has 1 unspecified atom stereocenters. The zero-order valence-corrected chi connectivity index (χ0v) is 15.4. The molecule has 6 heteroatoms. The summed E-state index contributed by atoms with van der Waals surface area (Å²) in [6.07, 6.45) is 1.64. The minimum Gasteiger partial charge on any atom is -0.326 e. The van der Waals surface area contributed by atoms with E-state index in [1.54, 1.807) is 4.90 Å². The fraction of sp³-hybridized carbons (Fsp3) is 0.368. The third-order valence-corrected chi connectivity index (χ3v) is 5.48. The Balaban J connectivity index is 1.61. The van der Waals surface area contributed by atoms with E-state index in [9.17, 15) is 9.59 Å². The summed E-state index contributed by atoms with van der Waals surface area (Å²) in [5.74, 6) is -0.190. The summed E-state index contributed by atoms with van der Waals surface area (Å²) in [7, 11) is 0. The number of urea groups is 1. The van der Waals surface area contributed by atoms with E-state index in [0.717, 1.165) is 34.7 Å². The molecule has 132 valence electrons. The minimum atomic E-state index is -0.178. The van der Waals surface area contributed by atoms with E-state index in [1.807, 2.05) is 49.6 Å². The fourth-order valence-corrected chi connectivity index (χ4v) is 3.64. The molecule has 2 heterocycles. The first-order chi connectivity index (χ1) is 12.0. The number of carbonyl (C=O) groups excluding carboxylic acids is 2. The lowest BCUT2D eigenvalue weighted by Crippen LogP contribution is -2.45. The van der Waals surface area contributed by atoms with Crippen LogP contribution in [0.2, 0.25) is 0 Å². The SMILES string of the molecule is Cc1cccc(NC(=O)C2CCCN(C(=O)Nc3cccs3)C2)c1C. The maximum Gasteiger partial charge on any atom is 0.322 e. The molecule has 0 saturated carbocycles. The number of aryl methyl sites for hydroxylation is 1. The molecule has 1 aliphatic heterocycles. The van der Waals surface area contributed by atoms with Crippen molar-refractivity contribution in [3.63, 3.8) is 0 Å². The predicted molar refractivity (Wildman–Crippen MR) is 102 cm³/mol. The first-order valence-corrected chi connectivity index (χ1v) is 9.39. The smallest absolute Gasteiger partial charge is 0.322 e. The third kappa shape index (κ3) is 4.20. The van der Waals surface area contributed by atoms with Gasteiger partial charge in [-0.2, -0.15) is 0 Å². The van der Waals surface area contributed by atoms with Crippen LogP contribution in [-0.4, -0.2) is 29.9 Å². The Hall–Kier alpha value is -2.34. The van der Waals surface area contributed by atoms with Gasteiger partial charge in [0, 0.05) is 18.8 Å². The van der Waals surface area contributed by atoms with Crippen LogP contribution in [0.15, 0.2) is 35.7 Å². The molecular formula is C19H23N3O2S. The van der Waals surface area contributed by atoms with Crippen molar-refractivity contribution in [3.05, 3.63) is 46.8 Å². The van der Waals surface area contributed by atoms with Crippen LogP contribution < -0.4 is 10.6 Å². The Morgan fingerprint density at radius 2 is 2.00 bits per heavy atom. The molecule has 1 atom stereocenters. The molecule has 1 fully saturated rings. The number of hydrogen-bond donors (Lipinski definition) is 2. The lowest BCUT2D eigenvalue weighted by atomic mass is 9.97. The molecule has 2 N–H and O–H groups in total. The van der Waals surface area contributed by atoms with Crippen molar-refractivity contribution in [2.75, 3.05) is 23.7 Å². The second kappa shape index (κ2) is 7.70. The second-order valence-corrected chi connectivity index (χ2v) is 7.38. The number of nitrogens with zero attached hydrogens (tertiary/aromatic N) is 1. The summed E-state index contributed by atoms with van der Waals surface area (Å²) in [5.41, 5.74) is 3.09. The van der Waals surface area contributed by atoms with E-state index in [2.05, 4.69) is 10.6 Å². The summed E-state index contributed by atoms with van der Waals surface area (Å²) in [6, 6.07) is 9.53. The first kappa shape index (κ1) is 17.5. The highest BCUT2D eigenvalue weighted by Gasteiger charge is 2.28. The maximum atomic E-state index is 12.6. The molecule has 0 spiro atoms. The zero-order valence-electron chi connectivity index (χ0n) is 14.5. The van der Waals surface area contributed by atoms with Crippen molar-refractivity contribution < 1.29 is 9.59 Å². The monoisotopic (exact) mass is 357 g/mol. The molecule has 5 nitrogen and oxygen atoms in total. The number of hydrogen-bond acceptors (Lipinski definition) is 3. The van der Waals surface area contributed by atoms with E-state index in [4.69, 9.17) is 0 Å². The molecule has 0 radical (unpaired) electrons. The Labute approximate surface area is 152 Å². The number of rotatable bonds is 3. The Bertz CT molecular complexity index is 758. The molecule has 25 heavy (non-hydrogen) atoms. The van der Waals surface area contributed by atoms with Gasteiger partial charge in [-0.1, -0.05) is 12.1 Å². The molecule has 3 rings (SSSR count). The predicted octanol–water partition coefficient (Wildman–Crippen LogP) is 4.25. The van der Waals surface area contributed by atoms with Gasteiger partial charge in [0.25, 0.3) is 0 Å². The van der Waals surface area contributed by atoms with Gasteiger partial charge in [0.05, 0.1) is 10.9 Å². The third-order valence-electron chi connectivity index (χ3n) is 4.69. The lowest BCUT2D eigenvalue weighted by molar-refractivity contribution is -0.121. The Morgan fingerprint density at radius 1 is 1.16 bits per heavy atom. The van der Waals surface area contributed by atoms with Crippen LogP contribution >= 0.6 is 11.3 Å². The highest BCUT2D eigenvalue weighted by molar-refractivity contribution is 7.14. The van der Waals surface area contributed by atoms with E-state index < -0.39 is 0 Å². The van der Waals surface area contributed by atoms with Crippen molar-refractivity contribution in [3.8, 4) is 0 Å². The van der Waals surface area contributed by atoms with Gasteiger partial charge < -0.3 is 10.2 Å². The number of anilines is 2. The topological polar surface area (TPSA) is 61.4 Å². The largest absolute Gasteiger partial charge is 0.326 e. The van der Waals surface area contributed by atoms with Crippen LogP contribution in [0.25, 0.3) is 0 Å². The normalized spacial score (nSPS) is 17.2. The highest BCUT2D eigenvalue weighted by atomic mass is 32.1. The van der Waals surface area contributed by atoms with E-state index in [1.165, 1.54) is 11.3 Å². The molecule has 1 aromatic carbocycles. The van der Waals surface area contributed by atoms with Crippen molar-refractivity contribution in [2.24, 2.45) is 5.92 Å². The van der Waals surface area contributed by atoms with Gasteiger partial charge in [0.2, 0.25) is 5.91 Å². The van der Waals surface area contributed by atoms with Crippen molar-refractivity contribution >= 4 is 34.0 Å². The molecular weight excluding hydrogens is 334 g/mol. The second-order valence-electron chi connectivity index (χ2n) is 6.43. The molecule has 0 aliphatic carbocycles. The van der Waals surface area contributed by atoms with Crippen LogP contribution in [0.4, 0.5) is 15.5 Å². The number of piperidine rings is 1. The average Bonchev–Trinajstić information content (AvgIpc) is 3.12. The fourth-order valence-electron chi connectivity index (χ4n) is 3.03. The number of amides is 3. The van der Waals surface area contributed by atoms with Gasteiger partial charge in [0.1, 0.15) is 0 Å². The number of nitrogens with one attached hydrogen (secondary N) is 2. The summed E-state index contributed by atoms with van der Waals surface area (Å²) < 4.78 is 0.